The summed E-state index contributed by atoms with van der Waals surface area (Å²) in [5.41, 5.74) is 1.59. The van der Waals surface area contributed by atoms with E-state index in [2.05, 4.69) is 9.97 Å². The summed E-state index contributed by atoms with van der Waals surface area (Å²) >= 11 is 0. The molecule has 0 bridgehead atoms. The van der Waals surface area contributed by atoms with Gasteiger partial charge in [-0.05, 0) is 18.2 Å². The fourth-order valence-corrected chi connectivity index (χ4v) is 2.05. The Hall–Kier alpha value is -2.34. The number of nitrogens with zero attached hydrogens (tertiary/aromatic N) is 1. The van der Waals surface area contributed by atoms with E-state index in [4.69, 9.17) is 4.74 Å². The summed E-state index contributed by atoms with van der Waals surface area (Å²) < 4.78 is 5.22. The van der Waals surface area contributed by atoms with Gasteiger partial charge in [0.1, 0.15) is 5.82 Å². The average Bonchev–Trinajstić information content (AvgIpc) is 2.42. The quantitative estimate of drug-likeness (QED) is 0.663. The van der Waals surface area contributed by atoms with Crippen molar-refractivity contribution in [3.05, 3.63) is 39.8 Å². The molecular weight excluding hydrogens is 248 g/mol. The number of fused-ring (bicyclic) bond motifs is 1. The molecule has 0 spiro atoms. The second-order valence-electron chi connectivity index (χ2n) is 4.35. The number of hydrogen-bond acceptors (Lipinski definition) is 5. The SMILES string of the molecule is O=c1[nH]c(-c2ccc(O)c(O)c2)nc2c1COCC2. The predicted molar refractivity (Wildman–Crippen MR) is 67.0 cm³/mol. The van der Waals surface area contributed by atoms with Crippen LogP contribution in [0.2, 0.25) is 0 Å². The molecule has 0 fully saturated rings. The standard InChI is InChI=1S/C13H12N2O4/c16-10-2-1-7(5-11(10)17)12-14-9-3-4-19-6-8(9)13(18)15-12/h1-2,5,16-17H,3-4,6H2,(H,14,15,18). The first-order chi connectivity index (χ1) is 9.15. The maximum absolute atomic E-state index is 11.9. The van der Waals surface area contributed by atoms with Crippen molar-refractivity contribution in [2.75, 3.05) is 6.61 Å². The Balaban J connectivity index is 2.12. The molecule has 1 aromatic carbocycles. The van der Waals surface area contributed by atoms with Gasteiger partial charge in [0, 0.05) is 12.0 Å². The van der Waals surface area contributed by atoms with E-state index >= 15 is 0 Å². The van der Waals surface area contributed by atoms with Crippen molar-refractivity contribution in [1.82, 2.24) is 9.97 Å². The summed E-state index contributed by atoms with van der Waals surface area (Å²) in [6.45, 7) is 0.822. The molecule has 0 atom stereocenters. The molecule has 98 valence electrons. The topological polar surface area (TPSA) is 95.4 Å². The van der Waals surface area contributed by atoms with Gasteiger partial charge in [-0.15, -0.1) is 0 Å². The minimum Gasteiger partial charge on any atom is -0.504 e. The van der Waals surface area contributed by atoms with Crippen LogP contribution in [0.3, 0.4) is 0 Å². The van der Waals surface area contributed by atoms with Crippen molar-refractivity contribution in [3.63, 3.8) is 0 Å². The van der Waals surface area contributed by atoms with Crippen molar-refractivity contribution in [2.24, 2.45) is 0 Å². The normalized spacial score (nSPS) is 14.1. The van der Waals surface area contributed by atoms with Gasteiger partial charge in [-0.2, -0.15) is 0 Å². The molecule has 0 saturated carbocycles. The second-order valence-corrected chi connectivity index (χ2v) is 4.35. The van der Waals surface area contributed by atoms with Crippen LogP contribution in [0.4, 0.5) is 0 Å². The number of nitrogens with one attached hydrogen (secondary N) is 1. The van der Waals surface area contributed by atoms with Crippen LogP contribution in [0.1, 0.15) is 11.3 Å². The van der Waals surface area contributed by atoms with E-state index in [9.17, 15) is 15.0 Å². The van der Waals surface area contributed by atoms with Crippen LogP contribution >= 0.6 is 0 Å². The molecule has 1 aliphatic rings. The van der Waals surface area contributed by atoms with E-state index < -0.39 is 0 Å². The average molecular weight is 260 g/mol. The molecule has 1 aromatic heterocycles. The van der Waals surface area contributed by atoms with Gasteiger partial charge in [-0.25, -0.2) is 4.98 Å². The van der Waals surface area contributed by atoms with Crippen LogP contribution < -0.4 is 5.56 Å². The number of ether oxygens (including phenoxy) is 1. The summed E-state index contributed by atoms with van der Waals surface area (Å²) in [5, 5.41) is 18.8. The van der Waals surface area contributed by atoms with Gasteiger partial charge in [0.2, 0.25) is 0 Å². The van der Waals surface area contributed by atoms with Gasteiger partial charge >= 0.3 is 0 Å². The summed E-state index contributed by atoms with van der Waals surface area (Å²) in [6.07, 6.45) is 0.594. The molecule has 3 N–H and O–H groups in total. The molecule has 0 amide bonds. The van der Waals surface area contributed by atoms with E-state index in [0.717, 1.165) is 5.69 Å². The number of aromatic amines is 1. The Labute approximate surface area is 108 Å². The molecule has 3 rings (SSSR count). The van der Waals surface area contributed by atoms with Crippen molar-refractivity contribution in [3.8, 4) is 22.9 Å². The van der Waals surface area contributed by atoms with Crippen LogP contribution in [0.5, 0.6) is 11.5 Å². The third-order valence-electron chi connectivity index (χ3n) is 3.08. The van der Waals surface area contributed by atoms with Crippen LogP contribution in [-0.4, -0.2) is 26.8 Å². The highest BCUT2D eigenvalue weighted by molar-refractivity contribution is 5.60. The summed E-state index contributed by atoms with van der Waals surface area (Å²) in [6, 6.07) is 4.30. The number of phenols is 2. The summed E-state index contributed by atoms with van der Waals surface area (Å²) in [4.78, 5) is 19.0. The number of benzene rings is 1. The van der Waals surface area contributed by atoms with Crippen LogP contribution in [0.25, 0.3) is 11.4 Å². The lowest BCUT2D eigenvalue weighted by molar-refractivity contribution is 0.108. The van der Waals surface area contributed by atoms with Gasteiger partial charge in [-0.1, -0.05) is 0 Å². The lowest BCUT2D eigenvalue weighted by atomic mass is 10.1. The maximum atomic E-state index is 11.9. The number of H-pyrrole nitrogens is 1. The minimum absolute atomic E-state index is 0.211. The molecule has 0 unspecified atom stereocenters. The van der Waals surface area contributed by atoms with E-state index in [1.54, 1.807) is 6.07 Å². The van der Waals surface area contributed by atoms with Crippen molar-refractivity contribution in [1.29, 1.82) is 0 Å². The number of phenolic OH excluding ortho intramolecular Hbond substituents is 2. The maximum Gasteiger partial charge on any atom is 0.256 e. The Kier molecular flexibility index (Phi) is 2.72. The van der Waals surface area contributed by atoms with E-state index in [1.807, 2.05) is 0 Å². The highest BCUT2D eigenvalue weighted by Gasteiger charge is 2.16. The predicted octanol–water partition coefficient (Wildman–Crippen LogP) is 0.921. The van der Waals surface area contributed by atoms with E-state index in [0.29, 0.717) is 30.0 Å². The Morgan fingerprint density at radius 2 is 2.11 bits per heavy atom. The zero-order valence-electron chi connectivity index (χ0n) is 10.0. The fraction of sp³-hybridized carbons (Fsp3) is 0.231. The number of aromatic hydroxyl groups is 2. The molecule has 1 aliphatic heterocycles. The zero-order valence-corrected chi connectivity index (χ0v) is 10.0. The fourth-order valence-electron chi connectivity index (χ4n) is 2.05. The van der Waals surface area contributed by atoms with Crippen molar-refractivity contribution >= 4 is 0 Å². The molecule has 6 nitrogen and oxygen atoms in total. The number of hydrogen-bond donors (Lipinski definition) is 3. The van der Waals surface area contributed by atoms with Crippen LogP contribution in [0, 0.1) is 0 Å². The first-order valence-electron chi connectivity index (χ1n) is 5.87. The monoisotopic (exact) mass is 260 g/mol. The zero-order chi connectivity index (χ0) is 13.4. The molecular formula is C13H12N2O4. The molecule has 6 heteroatoms. The van der Waals surface area contributed by atoms with Gasteiger partial charge in [0.15, 0.2) is 11.5 Å². The largest absolute Gasteiger partial charge is 0.504 e. The molecule has 2 aromatic rings. The highest BCUT2D eigenvalue weighted by atomic mass is 16.5. The summed E-state index contributed by atoms with van der Waals surface area (Å²) in [5.74, 6) is -0.0837. The first-order valence-corrected chi connectivity index (χ1v) is 5.87. The Morgan fingerprint density at radius 1 is 1.26 bits per heavy atom. The second kappa shape index (κ2) is 4.40. The molecule has 0 radical (unpaired) electrons. The smallest absolute Gasteiger partial charge is 0.256 e. The van der Waals surface area contributed by atoms with Gasteiger partial charge in [0.05, 0.1) is 24.5 Å². The third-order valence-corrected chi connectivity index (χ3v) is 3.08. The van der Waals surface area contributed by atoms with E-state index in [1.165, 1.54) is 12.1 Å². The third kappa shape index (κ3) is 2.06. The Bertz CT molecular complexity index is 694. The summed E-state index contributed by atoms with van der Waals surface area (Å²) in [7, 11) is 0. The molecule has 0 aliphatic carbocycles. The molecule has 2 heterocycles. The first kappa shape index (κ1) is 11.7. The lowest BCUT2D eigenvalue weighted by Crippen LogP contribution is -2.24. The van der Waals surface area contributed by atoms with Crippen molar-refractivity contribution < 1.29 is 14.9 Å². The number of rotatable bonds is 1. The number of aromatic nitrogens is 2. The highest BCUT2D eigenvalue weighted by Crippen LogP contribution is 2.29. The van der Waals surface area contributed by atoms with Crippen molar-refractivity contribution in [2.45, 2.75) is 13.0 Å². The molecule has 19 heavy (non-hydrogen) atoms. The Morgan fingerprint density at radius 3 is 2.89 bits per heavy atom. The van der Waals surface area contributed by atoms with Crippen LogP contribution in [-0.2, 0) is 17.8 Å². The van der Waals surface area contributed by atoms with Gasteiger partial charge in [-0.3, -0.25) is 4.79 Å². The molecule has 0 saturated heterocycles. The minimum atomic E-state index is -0.249. The van der Waals surface area contributed by atoms with E-state index in [-0.39, 0.29) is 23.7 Å². The lowest BCUT2D eigenvalue weighted by Gasteiger charge is -2.15. The van der Waals surface area contributed by atoms with Gasteiger partial charge < -0.3 is 19.9 Å². The van der Waals surface area contributed by atoms with Crippen LogP contribution in [0.15, 0.2) is 23.0 Å². The van der Waals surface area contributed by atoms with Gasteiger partial charge in [0.25, 0.3) is 5.56 Å².